The third-order valence-electron chi connectivity index (χ3n) is 3.76. The normalized spacial score (nSPS) is 11.5. The first-order valence-corrected chi connectivity index (χ1v) is 8.15. The van der Waals surface area contributed by atoms with Crippen molar-refractivity contribution in [2.24, 2.45) is 0 Å². The molecular weight excluding hydrogens is 342 g/mol. The molecule has 1 unspecified atom stereocenters. The molecule has 0 aromatic heterocycles. The van der Waals surface area contributed by atoms with Gasteiger partial charge in [0.1, 0.15) is 5.75 Å². The molecule has 0 spiro atoms. The van der Waals surface area contributed by atoms with Crippen LogP contribution in [0.1, 0.15) is 23.6 Å². The first-order chi connectivity index (χ1) is 12.0. The maximum absolute atomic E-state index is 12.5. The molecule has 25 heavy (non-hydrogen) atoms. The number of hydrogen-bond donors (Lipinski definition) is 1. The molecule has 1 atom stereocenters. The molecule has 132 valence electrons. The van der Waals surface area contributed by atoms with E-state index in [1.165, 1.54) is 7.11 Å². The van der Waals surface area contributed by atoms with Crippen molar-refractivity contribution in [3.05, 3.63) is 64.7 Å². The van der Waals surface area contributed by atoms with E-state index in [1.807, 2.05) is 18.2 Å². The zero-order valence-electron chi connectivity index (χ0n) is 14.1. The van der Waals surface area contributed by atoms with E-state index in [4.69, 9.17) is 21.1 Å². The Morgan fingerprint density at radius 2 is 1.76 bits per heavy atom. The average Bonchev–Trinajstić information content (AvgIpc) is 2.62. The minimum absolute atomic E-state index is 0.00209. The van der Waals surface area contributed by atoms with E-state index in [0.717, 1.165) is 5.56 Å². The van der Waals surface area contributed by atoms with Gasteiger partial charge in [-0.1, -0.05) is 48.0 Å². The second-order valence-electron chi connectivity index (χ2n) is 5.41. The van der Waals surface area contributed by atoms with Crippen LogP contribution in [0.15, 0.2) is 48.5 Å². The summed E-state index contributed by atoms with van der Waals surface area (Å²) in [6.07, 6.45) is 0.129. The fourth-order valence-electron chi connectivity index (χ4n) is 2.51. The molecule has 2 aromatic carbocycles. The molecule has 0 heterocycles. The molecule has 0 saturated carbocycles. The van der Waals surface area contributed by atoms with Crippen molar-refractivity contribution in [3.63, 3.8) is 0 Å². The molecular formula is C19H20ClNO4. The van der Waals surface area contributed by atoms with Gasteiger partial charge in [0, 0.05) is 10.6 Å². The Kier molecular flexibility index (Phi) is 6.83. The van der Waals surface area contributed by atoms with E-state index in [-0.39, 0.29) is 18.7 Å². The predicted molar refractivity (Wildman–Crippen MR) is 95.7 cm³/mol. The Morgan fingerprint density at radius 1 is 1.08 bits per heavy atom. The van der Waals surface area contributed by atoms with Gasteiger partial charge >= 0.3 is 5.97 Å². The Morgan fingerprint density at radius 3 is 2.44 bits per heavy atom. The summed E-state index contributed by atoms with van der Waals surface area (Å²) in [4.78, 5) is 24.2. The maximum atomic E-state index is 12.5. The summed E-state index contributed by atoms with van der Waals surface area (Å²) < 4.78 is 9.99. The van der Waals surface area contributed by atoms with Crippen molar-refractivity contribution in [3.8, 4) is 5.75 Å². The highest BCUT2D eigenvalue weighted by Gasteiger charge is 2.21. The van der Waals surface area contributed by atoms with Crippen molar-refractivity contribution in [2.75, 3.05) is 14.2 Å². The van der Waals surface area contributed by atoms with Gasteiger partial charge < -0.3 is 14.8 Å². The number of hydrogen-bond acceptors (Lipinski definition) is 4. The maximum Gasteiger partial charge on any atom is 0.307 e. The zero-order chi connectivity index (χ0) is 18.2. The molecule has 0 bridgehead atoms. The number of benzene rings is 2. The number of esters is 1. The Balaban J connectivity index is 2.17. The summed E-state index contributed by atoms with van der Waals surface area (Å²) in [7, 11) is 2.86. The van der Waals surface area contributed by atoms with E-state index < -0.39 is 12.0 Å². The summed E-state index contributed by atoms with van der Waals surface area (Å²) >= 11 is 6.21. The lowest BCUT2D eigenvalue weighted by Crippen LogP contribution is -2.32. The number of para-hydroxylation sites is 1. The first-order valence-electron chi connectivity index (χ1n) is 7.77. The number of nitrogens with one attached hydrogen (secondary N) is 1. The molecule has 5 nitrogen and oxygen atoms in total. The van der Waals surface area contributed by atoms with E-state index in [9.17, 15) is 9.59 Å². The van der Waals surface area contributed by atoms with E-state index in [2.05, 4.69) is 5.32 Å². The SMILES string of the molecule is COC(=O)CC(NC(=O)Cc1ccccc1OC)c1ccccc1Cl. The second-order valence-corrected chi connectivity index (χ2v) is 5.82. The molecule has 1 N–H and O–H groups in total. The molecule has 2 rings (SSSR count). The summed E-state index contributed by atoms with van der Waals surface area (Å²) in [6.45, 7) is 0. The number of amides is 1. The van der Waals surface area contributed by atoms with Crippen LogP contribution in [0.25, 0.3) is 0 Å². The molecule has 2 aromatic rings. The smallest absolute Gasteiger partial charge is 0.307 e. The number of ether oxygens (including phenoxy) is 2. The van der Waals surface area contributed by atoms with Crippen LogP contribution in [0.2, 0.25) is 5.02 Å². The van der Waals surface area contributed by atoms with Gasteiger partial charge in [-0.15, -0.1) is 0 Å². The molecule has 0 fully saturated rings. The third-order valence-corrected chi connectivity index (χ3v) is 4.10. The van der Waals surface area contributed by atoms with Crippen LogP contribution < -0.4 is 10.1 Å². The summed E-state index contributed by atoms with van der Waals surface area (Å²) in [5.41, 5.74) is 1.43. The quantitative estimate of drug-likeness (QED) is 0.768. The fourth-order valence-corrected chi connectivity index (χ4v) is 2.78. The van der Waals surface area contributed by atoms with Crippen molar-refractivity contribution >= 4 is 23.5 Å². The van der Waals surface area contributed by atoms with Gasteiger partial charge in [0.25, 0.3) is 0 Å². The molecule has 0 saturated heterocycles. The van der Waals surface area contributed by atoms with Crippen LogP contribution in [-0.2, 0) is 20.7 Å². The molecule has 1 amide bonds. The predicted octanol–water partition coefficient (Wildman–Crippen LogP) is 3.31. The van der Waals surface area contributed by atoms with Gasteiger partial charge in [-0.2, -0.15) is 0 Å². The number of halogens is 1. The summed E-state index contributed by atoms with van der Waals surface area (Å²) in [5, 5.41) is 3.34. The number of rotatable bonds is 7. The van der Waals surface area contributed by atoms with Crippen LogP contribution >= 0.6 is 11.6 Å². The fraction of sp³-hybridized carbons (Fsp3) is 0.263. The van der Waals surface area contributed by atoms with Crippen molar-refractivity contribution in [2.45, 2.75) is 18.9 Å². The topological polar surface area (TPSA) is 64.6 Å². The Hall–Kier alpha value is -2.53. The number of methoxy groups -OCH3 is 2. The van der Waals surface area contributed by atoms with Gasteiger partial charge in [0.15, 0.2) is 0 Å². The van der Waals surface area contributed by atoms with Crippen LogP contribution in [0, 0.1) is 0 Å². The van der Waals surface area contributed by atoms with Crippen LogP contribution in [-0.4, -0.2) is 26.1 Å². The van der Waals surface area contributed by atoms with Gasteiger partial charge in [0.05, 0.1) is 33.1 Å². The van der Waals surface area contributed by atoms with E-state index in [1.54, 1.807) is 37.4 Å². The van der Waals surface area contributed by atoms with Gasteiger partial charge in [0.2, 0.25) is 5.91 Å². The third kappa shape index (κ3) is 5.22. The molecule has 0 aliphatic rings. The van der Waals surface area contributed by atoms with Crippen LogP contribution in [0.5, 0.6) is 5.75 Å². The lowest BCUT2D eigenvalue weighted by molar-refractivity contribution is -0.141. The highest BCUT2D eigenvalue weighted by atomic mass is 35.5. The van der Waals surface area contributed by atoms with Crippen LogP contribution in [0.4, 0.5) is 0 Å². The Bertz CT molecular complexity index is 748. The van der Waals surface area contributed by atoms with Gasteiger partial charge in [-0.05, 0) is 17.7 Å². The van der Waals surface area contributed by atoms with Crippen LogP contribution in [0.3, 0.4) is 0 Å². The largest absolute Gasteiger partial charge is 0.496 e. The minimum atomic E-state index is -0.566. The van der Waals surface area contributed by atoms with E-state index in [0.29, 0.717) is 16.3 Å². The summed E-state index contributed by atoms with van der Waals surface area (Å²) in [5.74, 6) is -0.0271. The molecule has 6 heteroatoms. The summed E-state index contributed by atoms with van der Waals surface area (Å²) in [6, 6.07) is 13.8. The molecule has 0 aliphatic heterocycles. The minimum Gasteiger partial charge on any atom is -0.496 e. The highest BCUT2D eigenvalue weighted by molar-refractivity contribution is 6.31. The average molecular weight is 362 g/mol. The zero-order valence-corrected chi connectivity index (χ0v) is 14.9. The highest BCUT2D eigenvalue weighted by Crippen LogP contribution is 2.26. The number of carbonyl (C=O) groups excluding carboxylic acids is 2. The standard InChI is InChI=1S/C19H20ClNO4/c1-24-17-10-6-3-7-13(17)11-18(22)21-16(12-19(23)25-2)14-8-4-5-9-15(14)20/h3-10,16H,11-12H2,1-2H3,(H,21,22). The van der Waals surface area contributed by atoms with Gasteiger partial charge in [-0.25, -0.2) is 0 Å². The van der Waals surface area contributed by atoms with Crippen molar-refractivity contribution in [1.29, 1.82) is 0 Å². The van der Waals surface area contributed by atoms with Gasteiger partial charge in [-0.3, -0.25) is 9.59 Å². The monoisotopic (exact) mass is 361 g/mol. The lowest BCUT2D eigenvalue weighted by atomic mass is 10.0. The second kappa shape index (κ2) is 9.08. The number of carbonyl (C=O) groups is 2. The lowest BCUT2D eigenvalue weighted by Gasteiger charge is -2.19. The first kappa shape index (κ1) is 18.8. The van der Waals surface area contributed by atoms with Crippen molar-refractivity contribution in [1.82, 2.24) is 5.32 Å². The molecule has 0 aliphatic carbocycles. The van der Waals surface area contributed by atoms with Crippen molar-refractivity contribution < 1.29 is 19.1 Å². The molecule has 0 radical (unpaired) electrons. The van der Waals surface area contributed by atoms with E-state index >= 15 is 0 Å². The Labute approximate surface area is 151 Å².